The second kappa shape index (κ2) is 18.9. The van der Waals surface area contributed by atoms with Crippen LogP contribution in [0.15, 0.2) is 116 Å². The molecule has 0 fully saturated rings. The molecule has 3 rings (SSSR count). The molecule has 2 amide bonds. The summed E-state index contributed by atoms with van der Waals surface area (Å²) in [6, 6.07) is 28.0. The predicted molar refractivity (Wildman–Crippen MR) is 174 cm³/mol. The molecule has 0 radical (unpaired) electrons. The van der Waals surface area contributed by atoms with Gasteiger partial charge in [0.2, 0.25) is 11.8 Å². The number of carbonyl (C=O) groups is 3. The molecule has 0 aliphatic carbocycles. The first-order valence-electron chi connectivity index (χ1n) is 15.1. The maximum absolute atomic E-state index is 13.5. The number of esters is 1. The third-order valence-electron chi connectivity index (χ3n) is 7.37. The van der Waals surface area contributed by atoms with E-state index in [0.29, 0.717) is 25.7 Å². The molecule has 3 N–H and O–H groups in total. The van der Waals surface area contributed by atoms with E-state index in [1.165, 1.54) is 0 Å². The molecular weight excluding hydrogens is 552 g/mol. The number of amides is 2. The molecule has 0 aliphatic rings. The molecule has 0 bridgehead atoms. The molecule has 44 heavy (non-hydrogen) atoms. The second-order valence-electron chi connectivity index (χ2n) is 11.0. The van der Waals surface area contributed by atoms with E-state index in [-0.39, 0.29) is 43.8 Å². The minimum absolute atomic E-state index is 0.0153. The summed E-state index contributed by atoms with van der Waals surface area (Å²) in [7, 11) is 0. The van der Waals surface area contributed by atoms with Crippen molar-refractivity contribution in [1.29, 1.82) is 0 Å². The highest BCUT2D eigenvalue weighted by atomic mass is 16.5. The number of benzene rings is 3. The van der Waals surface area contributed by atoms with Crippen LogP contribution in [0.1, 0.15) is 36.0 Å². The summed E-state index contributed by atoms with van der Waals surface area (Å²) in [5.74, 6) is -2.08. The van der Waals surface area contributed by atoms with Crippen LogP contribution in [0, 0.1) is 11.8 Å². The minimum Gasteiger partial charge on any atom is -0.463 e. The number of aliphatic hydroxyl groups is 1. The summed E-state index contributed by atoms with van der Waals surface area (Å²) < 4.78 is 5.78. The molecule has 4 atom stereocenters. The van der Waals surface area contributed by atoms with Crippen LogP contribution in [0.25, 0.3) is 0 Å². The second-order valence-corrected chi connectivity index (χ2v) is 11.0. The van der Waals surface area contributed by atoms with Gasteiger partial charge in [-0.15, -0.1) is 13.2 Å². The van der Waals surface area contributed by atoms with Crippen molar-refractivity contribution in [3.8, 4) is 0 Å². The van der Waals surface area contributed by atoms with Crippen LogP contribution in [0.4, 0.5) is 0 Å². The maximum atomic E-state index is 13.5. The minimum atomic E-state index is -0.677. The standard InChI is InChI=1S/C37H44N2O5/c1-3-14-31(25-35(41)38-33(26-40)23-29-18-10-6-11-19-29)36(42)39-34(24-30-20-12-7-13-21-30)27-44-37(43)32(15-4-2)22-28-16-8-5-9-17-28/h3-13,16-21,31-34,40H,1-2,14-15,22-27H2,(H,38,41)(H,39,42)/t31-,32+,33+,34-/m1/s1. The zero-order chi connectivity index (χ0) is 31.6. The largest absolute Gasteiger partial charge is 0.463 e. The summed E-state index contributed by atoms with van der Waals surface area (Å²) in [4.78, 5) is 39.6. The van der Waals surface area contributed by atoms with Crippen LogP contribution in [0.3, 0.4) is 0 Å². The van der Waals surface area contributed by atoms with Gasteiger partial charge in [-0.3, -0.25) is 14.4 Å². The van der Waals surface area contributed by atoms with E-state index in [0.717, 1.165) is 16.7 Å². The summed E-state index contributed by atoms with van der Waals surface area (Å²) in [5, 5.41) is 15.7. The fraction of sp³-hybridized carbons (Fsp3) is 0.324. The summed E-state index contributed by atoms with van der Waals surface area (Å²) in [5.41, 5.74) is 3.00. The summed E-state index contributed by atoms with van der Waals surface area (Å²) in [6.07, 6.45) is 5.46. The quantitative estimate of drug-likeness (QED) is 0.134. The van der Waals surface area contributed by atoms with Gasteiger partial charge in [0.15, 0.2) is 0 Å². The molecule has 0 aliphatic heterocycles. The average molecular weight is 597 g/mol. The Hall–Kier alpha value is -4.49. The normalized spacial score (nSPS) is 13.5. The number of aliphatic hydroxyl groups excluding tert-OH is 1. The maximum Gasteiger partial charge on any atom is 0.309 e. The van der Waals surface area contributed by atoms with Crippen LogP contribution in [-0.4, -0.2) is 48.2 Å². The van der Waals surface area contributed by atoms with Gasteiger partial charge in [0.25, 0.3) is 0 Å². The Labute approximate surface area is 261 Å². The van der Waals surface area contributed by atoms with Crippen molar-refractivity contribution < 1.29 is 24.2 Å². The van der Waals surface area contributed by atoms with E-state index in [1.54, 1.807) is 12.2 Å². The van der Waals surface area contributed by atoms with Crippen LogP contribution in [0.5, 0.6) is 0 Å². The summed E-state index contributed by atoms with van der Waals surface area (Å²) in [6.45, 7) is 7.33. The Balaban J connectivity index is 1.65. The van der Waals surface area contributed by atoms with E-state index in [2.05, 4.69) is 23.8 Å². The van der Waals surface area contributed by atoms with Crippen LogP contribution < -0.4 is 10.6 Å². The average Bonchev–Trinajstić information content (AvgIpc) is 3.04. The molecule has 0 spiro atoms. The van der Waals surface area contributed by atoms with Gasteiger partial charge in [-0.25, -0.2) is 0 Å². The van der Waals surface area contributed by atoms with Crippen molar-refractivity contribution >= 4 is 17.8 Å². The smallest absolute Gasteiger partial charge is 0.309 e. The van der Waals surface area contributed by atoms with Gasteiger partial charge in [-0.1, -0.05) is 103 Å². The zero-order valence-electron chi connectivity index (χ0n) is 25.3. The van der Waals surface area contributed by atoms with Gasteiger partial charge >= 0.3 is 5.97 Å². The third kappa shape index (κ3) is 12.0. The molecule has 7 nitrogen and oxygen atoms in total. The lowest BCUT2D eigenvalue weighted by Crippen LogP contribution is -2.45. The van der Waals surface area contributed by atoms with E-state index in [9.17, 15) is 19.5 Å². The molecule has 3 aromatic carbocycles. The van der Waals surface area contributed by atoms with Gasteiger partial charge in [-0.05, 0) is 48.8 Å². The van der Waals surface area contributed by atoms with Crippen molar-refractivity contribution in [2.75, 3.05) is 13.2 Å². The van der Waals surface area contributed by atoms with Crippen molar-refractivity contribution in [3.05, 3.63) is 133 Å². The Morgan fingerprint density at radius 3 is 1.66 bits per heavy atom. The first-order valence-corrected chi connectivity index (χ1v) is 15.1. The fourth-order valence-corrected chi connectivity index (χ4v) is 5.09. The molecule has 0 heterocycles. The monoisotopic (exact) mass is 596 g/mol. The molecule has 0 unspecified atom stereocenters. The third-order valence-corrected chi connectivity index (χ3v) is 7.37. The van der Waals surface area contributed by atoms with Gasteiger partial charge in [0.1, 0.15) is 6.61 Å². The fourth-order valence-electron chi connectivity index (χ4n) is 5.09. The van der Waals surface area contributed by atoms with Crippen LogP contribution >= 0.6 is 0 Å². The number of ether oxygens (including phenoxy) is 1. The lowest BCUT2D eigenvalue weighted by molar-refractivity contribution is -0.149. The van der Waals surface area contributed by atoms with Gasteiger partial charge in [-0.2, -0.15) is 0 Å². The van der Waals surface area contributed by atoms with Crippen LogP contribution in [0.2, 0.25) is 0 Å². The number of allylic oxidation sites excluding steroid dienone is 2. The highest BCUT2D eigenvalue weighted by Gasteiger charge is 2.26. The number of carbonyl (C=O) groups excluding carboxylic acids is 3. The van der Waals surface area contributed by atoms with Crippen molar-refractivity contribution in [1.82, 2.24) is 10.6 Å². The van der Waals surface area contributed by atoms with Crippen molar-refractivity contribution in [2.45, 2.75) is 50.6 Å². The summed E-state index contributed by atoms with van der Waals surface area (Å²) >= 11 is 0. The Morgan fingerprint density at radius 1 is 0.682 bits per heavy atom. The van der Waals surface area contributed by atoms with E-state index in [4.69, 9.17) is 4.74 Å². The first-order chi connectivity index (χ1) is 21.4. The molecule has 0 aromatic heterocycles. The molecule has 7 heteroatoms. The molecule has 3 aromatic rings. The molecule has 232 valence electrons. The number of rotatable bonds is 19. The van der Waals surface area contributed by atoms with Crippen LogP contribution in [-0.2, 0) is 38.4 Å². The van der Waals surface area contributed by atoms with Gasteiger partial charge in [0, 0.05) is 6.42 Å². The first kappa shape index (κ1) is 34.0. The highest BCUT2D eigenvalue weighted by Crippen LogP contribution is 2.17. The zero-order valence-corrected chi connectivity index (χ0v) is 25.3. The van der Waals surface area contributed by atoms with E-state index in [1.807, 2.05) is 91.0 Å². The highest BCUT2D eigenvalue weighted by molar-refractivity contribution is 5.86. The van der Waals surface area contributed by atoms with E-state index >= 15 is 0 Å². The lowest BCUT2D eigenvalue weighted by atomic mass is 9.96. The Kier molecular flexibility index (Phi) is 14.6. The molecule has 0 saturated carbocycles. The molecular formula is C37H44N2O5. The SMILES string of the molecule is C=CC[C@H](CC(=O)N[C@H](CO)Cc1ccccc1)C(=O)N[C@@H](COC(=O)[C@@H](CC=C)Cc1ccccc1)Cc1ccccc1. The lowest BCUT2D eigenvalue weighted by Gasteiger charge is -2.24. The Bertz CT molecular complexity index is 1310. The van der Waals surface area contributed by atoms with Gasteiger partial charge in [0.05, 0.1) is 30.5 Å². The number of hydrogen-bond donors (Lipinski definition) is 3. The molecule has 0 saturated heterocycles. The van der Waals surface area contributed by atoms with Crippen molar-refractivity contribution in [2.24, 2.45) is 11.8 Å². The predicted octanol–water partition coefficient (Wildman–Crippen LogP) is 4.99. The van der Waals surface area contributed by atoms with Gasteiger partial charge < -0.3 is 20.5 Å². The van der Waals surface area contributed by atoms with Crippen molar-refractivity contribution in [3.63, 3.8) is 0 Å². The topological polar surface area (TPSA) is 105 Å². The Morgan fingerprint density at radius 2 is 1.16 bits per heavy atom. The number of hydrogen-bond acceptors (Lipinski definition) is 5. The number of nitrogens with one attached hydrogen (secondary N) is 2. The van der Waals surface area contributed by atoms with E-state index < -0.39 is 23.9 Å².